The Morgan fingerprint density at radius 3 is 1.77 bits per heavy atom. The number of anilines is 2. The van der Waals surface area contributed by atoms with E-state index in [1.54, 1.807) is 12.1 Å². The molecule has 0 spiro atoms. The Morgan fingerprint density at radius 2 is 1.35 bits per heavy atom. The van der Waals surface area contributed by atoms with Gasteiger partial charge in [0.2, 0.25) is 11.8 Å². The number of hydrogen-bond acceptors (Lipinski definition) is 6. The quantitative estimate of drug-likeness (QED) is 0.666. The van der Waals surface area contributed by atoms with Gasteiger partial charge >= 0.3 is 0 Å². The lowest BCUT2D eigenvalue weighted by atomic mass is 9.80. The van der Waals surface area contributed by atoms with Gasteiger partial charge in [0, 0.05) is 24.2 Å². The summed E-state index contributed by atoms with van der Waals surface area (Å²) in [6.07, 6.45) is 5.41. The van der Waals surface area contributed by atoms with Crippen LogP contribution in [0.15, 0.2) is 36.7 Å². The van der Waals surface area contributed by atoms with Crippen molar-refractivity contribution in [2.75, 3.05) is 10.6 Å². The van der Waals surface area contributed by atoms with E-state index in [0.717, 1.165) is 6.42 Å². The summed E-state index contributed by atoms with van der Waals surface area (Å²) in [4.78, 5) is 32.8. The minimum absolute atomic E-state index is 0.100. The van der Waals surface area contributed by atoms with E-state index in [2.05, 4.69) is 20.6 Å². The summed E-state index contributed by atoms with van der Waals surface area (Å²) in [6, 6.07) is 6.02. The van der Waals surface area contributed by atoms with Gasteiger partial charge in [-0.05, 0) is 43.5 Å². The summed E-state index contributed by atoms with van der Waals surface area (Å²) in [7, 11) is 0. The molecule has 2 atom stereocenters. The minimum atomic E-state index is -0.349. The second-order valence-corrected chi connectivity index (χ2v) is 6.28. The van der Waals surface area contributed by atoms with E-state index in [4.69, 9.17) is 0 Å². The molecule has 8 heteroatoms. The van der Waals surface area contributed by atoms with Crippen LogP contribution in [0.2, 0.25) is 0 Å². The lowest BCUT2D eigenvalue weighted by Crippen LogP contribution is -2.33. The number of aromatic hydroxyl groups is 2. The fraction of sp³-hybridized carbons (Fsp3) is 0.333. The third-order valence-corrected chi connectivity index (χ3v) is 4.47. The van der Waals surface area contributed by atoms with Crippen LogP contribution in [-0.4, -0.2) is 32.0 Å². The molecule has 2 aromatic rings. The standard InChI is InChI=1S/C18H20N4O4/c23-13-6-2-8-19-15(13)21-17(25)11-4-1-5-12(10-11)18(26)22-16-14(24)7-3-9-20-16/h2-3,6-9,11-12,23-24H,1,4-5,10H2,(H,19,21,25)(H,20,22,26)/t11-,12-/m0/s1. The molecule has 26 heavy (non-hydrogen) atoms. The average molecular weight is 356 g/mol. The number of carbonyl (C=O) groups is 2. The molecule has 2 aromatic heterocycles. The summed E-state index contributed by atoms with van der Waals surface area (Å²) >= 11 is 0. The number of nitrogens with one attached hydrogen (secondary N) is 2. The molecule has 1 aliphatic rings. The number of amides is 2. The van der Waals surface area contributed by atoms with E-state index in [0.29, 0.717) is 19.3 Å². The highest BCUT2D eigenvalue weighted by molar-refractivity contribution is 5.95. The zero-order valence-electron chi connectivity index (χ0n) is 14.1. The van der Waals surface area contributed by atoms with Crippen molar-refractivity contribution in [3.8, 4) is 11.5 Å². The highest BCUT2D eigenvalue weighted by atomic mass is 16.3. The lowest BCUT2D eigenvalue weighted by molar-refractivity contribution is -0.124. The number of rotatable bonds is 4. The van der Waals surface area contributed by atoms with Gasteiger partial charge in [0.25, 0.3) is 0 Å². The predicted octanol–water partition coefficient (Wildman–Crippen LogP) is 2.27. The van der Waals surface area contributed by atoms with Crippen LogP contribution >= 0.6 is 0 Å². The molecule has 0 saturated heterocycles. The highest BCUT2D eigenvalue weighted by Gasteiger charge is 2.32. The maximum absolute atomic E-state index is 12.5. The Balaban J connectivity index is 1.61. The van der Waals surface area contributed by atoms with Crippen LogP contribution in [0.3, 0.4) is 0 Å². The van der Waals surface area contributed by atoms with Gasteiger partial charge in [-0.15, -0.1) is 0 Å². The second kappa shape index (κ2) is 7.81. The SMILES string of the molecule is O=C(Nc1ncccc1O)[C@H]1CCC[C@H](C(=O)Nc2ncccc2O)C1. The first-order valence-corrected chi connectivity index (χ1v) is 8.44. The third-order valence-electron chi connectivity index (χ3n) is 4.47. The number of pyridine rings is 2. The molecular formula is C18H20N4O4. The molecule has 0 aliphatic heterocycles. The Hall–Kier alpha value is -3.16. The van der Waals surface area contributed by atoms with Gasteiger partial charge in [-0.2, -0.15) is 0 Å². The largest absolute Gasteiger partial charge is 0.504 e. The molecule has 2 amide bonds. The molecule has 0 bridgehead atoms. The zero-order valence-corrected chi connectivity index (χ0v) is 14.1. The van der Waals surface area contributed by atoms with Crippen molar-refractivity contribution in [1.82, 2.24) is 9.97 Å². The molecule has 136 valence electrons. The number of hydrogen-bond donors (Lipinski definition) is 4. The van der Waals surface area contributed by atoms with Gasteiger partial charge in [-0.3, -0.25) is 9.59 Å². The first kappa shape index (κ1) is 17.7. The first-order chi connectivity index (χ1) is 12.5. The van der Waals surface area contributed by atoms with Crippen molar-refractivity contribution in [2.45, 2.75) is 25.7 Å². The van der Waals surface area contributed by atoms with E-state index in [9.17, 15) is 19.8 Å². The molecule has 0 radical (unpaired) electrons. The topological polar surface area (TPSA) is 124 Å². The Kier molecular flexibility index (Phi) is 5.31. The monoisotopic (exact) mass is 356 g/mol. The minimum Gasteiger partial charge on any atom is -0.504 e. The van der Waals surface area contributed by atoms with Crippen molar-refractivity contribution >= 4 is 23.5 Å². The van der Waals surface area contributed by atoms with Gasteiger partial charge < -0.3 is 20.8 Å². The van der Waals surface area contributed by atoms with Crippen LogP contribution in [0.1, 0.15) is 25.7 Å². The number of carbonyl (C=O) groups excluding carboxylic acids is 2. The normalized spacial score (nSPS) is 19.5. The molecule has 0 unspecified atom stereocenters. The van der Waals surface area contributed by atoms with E-state index >= 15 is 0 Å². The fourth-order valence-corrected chi connectivity index (χ4v) is 3.09. The van der Waals surface area contributed by atoms with Crippen LogP contribution < -0.4 is 10.6 Å². The predicted molar refractivity (Wildman–Crippen MR) is 94.5 cm³/mol. The zero-order chi connectivity index (χ0) is 18.5. The Bertz CT molecular complexity index is 746. The van der Waals surface area contributed by atoms with E-state index in [-0.39, 0.29) is 46.8 Å². The molecule has 8 nitrogen and oxygen atoms in total. The van der Waals surface area contributed by atoms with Gasteiger partial charge in [-0.25, -0.2) is 9.97 Å². The number of aromatic nitrogens is 2. The average Bonchev–Trinajstić information content (AvgIpc) is 2.65. The summed E-state index contributed by atoms with van der Waals surface area (Å²) in [5, 5.41) is 24.7. The van der Waals surface area contributed by atoms with Crippen LogP contribution in [-0.2, 0) is 9.59 Å². The van der Waals surface area contributed by atoms with Gasteiger partial charge in [0.15, 0.2) is 23.1 Å². The fourth-order valence-electron chi connectivity index (χ4n) is 3.09. The number of nitrogens with zero attached hydrogens (tertiary/aromatic N) is 2. The Morgan fingerprint density at radius 1 is 0.885 bits per heavy atom. The third kappa shape index (κ3) is 4.08. The first-order valence-electron chi connectivity index (χ1n) is 8.44. The van der Waals surface area contributed by atoms with Crippen LogP contribution in [0.25, 0.3) is 0 Å². The highest BCUT2D eigenvalue weighted by Crippen LogP contribution is 2.32. The summed E-state index contributed by atoms with van der Waals surface area (Å²) in [5.41, 5.74) is 0. The van der Waals surface area contributed by atoms with Crippen molar-refractivity contribution in [2.24, 2.45) is 11.8 Å². The van der Waals surface area contributed by atoms with Crippen molar-refractivity contribution in [3.05, 3.63) is 36.7 Å². The van der Waals surface area contributed by atoms with Gasteiger partial charge in [-0.1, -0.05) is 6.42 Å². The maximum atomic E-state index is 12.5. The molecule has 1 fully saturated rings. The molecular weight excluding hydrogens is 336 g/mol. The molecule has 3 rings (SSSR count). The van der Waals surface area contributed by atoms with Crippen LogP contribution in [0.4, 0.5) is 11.6 Å². The van der Waals surface area contributed by atoms with Gasteiger partial charge in [0.05, 0.1) is 0 Å². The summed E-state index contributed by atoms with van der Waals surface area (Å²) in [5.74, 6) is -1.20. The van der Waals surface area contributed by atoms with Crippen LogP contribution in [0, 0.1) is 11.8 Å². The van der Waals surface area contributed by atoms with Gasteiger partial charge in [0.1, 0.15) is 0 Å². The van der Waals surface area contributed by atoms with E-state index in [1.165, 1.54) is 24.5 Å². The van der Waals surface area contributed by atoms with Crippen molar-refractivity contribution in [3.63, 3.8) is 0 Å². The molecule has 2 heterocycles. The molecule has 1 aliphatic carbocycles. The lowest BCUT2D eigenvalue weighted by Gasteiger charge is -2.27. The second-order valence-electron chi connectivity index (χ2n) is 6.28. The van der Waals surface area contributed by atoms with E-state index < -0.39 is 0 Å². The summed E-state index contributed by atoms with van der Waals surface area (Å²) in [6.45, 7) is 0. The van der Waals surface area contributed by atoms with E-state index in [1.807, 2.05) is 0 Å². The molecule has 4 N–H and O–H groups in total. The molecule has 0 aromatic carbocycles. The molecule has 1 saturated carbocycles. The van der Waals surface area contributed by atoms with Crippen molar-refractivity contribution in [1.29, 1.82) is 0 Å². The van der Waals surface area contributed by atoms with Crippen molar-refractivity contribution < 1.29 is 19.8 Å². The summed E-state index contributed by atoms with van der Waals surface area (Å²) < 4.78 is 0. The smallest absolute Gasteiger partial charge is 0.228 e. The Labute approximate surface area is 150 Å². The van der Waals surface area contributed by atoms with Crippen LogP contribution in [0.5, 0.6) is 11.5 Å². The maximum Gasteiger partial charge on any atom is 0.228 e.